The predicted molar refractivity (Wildman–Crippen MR) is 93.4 cm³/mol. The predicted octanol–water partition coefficient (Wildman–Crippen LogP) is 6.20. The van der Waals surface area contributed by atoms with Gasteiger partial charge in [0.1, 0.15) is 0 Å². The van der Waals surface area contributed by atoms with Crippen molar-refractivity contribution in [1.82, 2.24) is 0 Å². The molecule has 126 valence electrons. The van der Waals surface area contributed by atoms with Crippen molar-refractivity contribution in [2.45, 2.75) is 104 Å². The van der Waals surface area contributed by atoms with Crippen molar-refractivity contribution < 1.29 is 5.11 Å². The summed E-state index contributed by atoms with van der Waals surface area (Å²) in [5.41, 5.74) is 0. The quantitative estimate of drug-likeness (QED) is 0.455. The summed E-state index contributed by atoms with van der Waals surface area (Å²) in [5, 5.41) is 10.1. The topological polar surface area (TPSA) is 20.2 Å². The lowest BCUT2D eigenvalue weighted by Crippen LogP contribution is -2.07. The van der Waals surface area contributed by atoms with E-state index in [1.54, 1.807) is 0 Å². The van der Waals surface area contributed by atoms with E-state index in [9.17, 15) is 5.11 Å². The number of aliphatic hydroxyl groups is 1. The lowest BCUT2D eigenvalue weighted by Gasteiger charge is -2.10. The van der Waals surface area contributed by atoms with E-state index >= 15 is 0 Å². The average molecular weight is 297 g/mol. The molecule has 21 heavy (non-hydrogen) atoms. The second kappa shape index (κ2) is 9.87. The number of unbranched alkanes of at least 4 members (excludes halogenated alkanes) is 2. The third-order valence-corrected chi connectivity index (χ3v) is 5.74. The minimum Gasteiger partial charge on any atom is -0.393 e. The summed E-state index contributed by atoms with van der Waals surface area (Å²) in [6, 6.07) is 0. The van der Waals surface area contributed by atoms with Crippen molar-refractivity contribution in [2.24, 2.45) is 23.7 Å². The van der Waals surface area contributed by atoms with Crippen LogP contribution in [-0.2, 0) is 0 Å². The maximum absolute atomic E-state index is 10.1. The highest BCUT2D eigenvalue weighted by Gasteiger charge is 2.37. The Hall–Kier alpha value is -0.0400. The molecule has 2 aliphatic rings. The summed E-state index contributed by atoms with van der Waals surface area (Å²) in [4.78, 5) is 0. The van der Waals surface area contributed by atoms with E-state index in [4.69, 9.17) is 0 Å². The Kier molecular flexibility index (Phi) is 8.94. The third-order valence-electron chi connectivity index (χ3n) is 5.74. The second-order valence-corrected chi connectivity index (χ2v) is 7.60. The largest absolute Gasteiger partial charge is 0.393 e. The molecule has 1 N–H and O–H groups in total. The molecule has 0 heterocycles. The van der Waals surface area contributed by atoms with Crippen LogP contribution < -0.4 is 0 Å². The van der Waals surface area contributed by atoms with Crippen LogP contribution in [0.2, 0.25) is 0 Å². The fourth-order valence-electron chi connectivity index (χ4n) is 3.92. The molecule has 1 heteroatoms. The van der Waals surface area contributed by atoms with E-state index in [0.717, 1.165) is 36.5 Å². The van der Waals surface area contributed by atoms with Gasteiger partial charge in [-0.05, 0) is 62.2 Å². The van der Waals surface area contributed by atoms with Crippen molar-refractivity contribution in [3.05, 3.63) is 0 Å². The Balaban J connectivity index is 0.00000220. The highest BCUT2D eigenvalue weighted by atomic mass is 16.3. The minimum absolute atomic E-state index is 0. The molecule has 2 fully saturated rings. The van der Waals surface area contributed by atoms with Gasteiger partial charge in [-0.2, -0.15) is 0 Å². The lowest BCUT2D eigenvalue weighted by atomic mass is 10.0. The highest BCUT2D eigenvalue weighted by Crippen LogP contribution is 2.47. The Morgan fingerprint density at radius 3 is 1.52 bits per heavy atom. The van der Waals surface area contributed by atoms with Crippen LogP contribution >= 0.6 is 0 Å². The lowest BCUT2D eigenvalue weighted by molar-refractivity contribution is 0.144. The molecule has 0 aromatic carbocycles. The maximum Gasteiger partial charge on any atom is 0.0540 e. The minimum atomic E-state index is -0.00477. The maximum atomic E-state index is 10.1. The van der Waals surface area contributed by atoms with Crippen LogP contribution in [0, 0.1) is 23.7 Å². The first-order valence-electron chi connectivity index (χ1n) is 9.42. The Morgan fingerprint density at radius 1 is 0.762 bits per heavy atom. The molecular formula is C20H40O. The normalized spacial score (nSPS) is 31.6. The van der Waals surface area contributed by atoms with E-state index in [1.807, 2.05) is 0 Å². The standard InChI is InChI=1S/C19H36O.CH4/c1-3-5-7-15-13-17(15)9-11-19(20)12-10-18-14-16(18)8-6-4-2;/h15-20H,3-14H2,1-2H3;1H4. The van der Waals surface area contributed by atoms with Crippen LogP contribution in [0.1, 0.15) is 98.3 Å². The molecule has 2 rings (SSSR count). The summed E-state index contributed by atoms with van der Waals surface area (Å²) in [6.07, 6.45) is 16.0. The molecule has 0 aromatic heterocycles. The number of rotatable bonds is 12. The molecule has 0 saturated heterocycles. The van der Waals surface area contributed by atoms with E-state index in [2.05, 4.69) is 13.8 Å². The first-order chi connectivity index (χ1) is 9.74. The molecular weight excluding hydrogens is 256 g/mol. The molecule has 0 amide bonds. The van der Waals surface area contributed by atoms with Crippen LogP contribution in [0.5, 0.6) is 0 Å². The van der Waals surface area contributed by atoms with E-state index in [1.165, 1.54) is 64.2 Å². The molecule has 1 nitrogen and oxygen atoms in total. The van der Waals surface area contributed by atoms with Gasteiger partial charge in [0.25, 0.3) is 0 Å². The fraction of sp³-hybridized carbons (Fsp3) is 1.00. The zero-order valence-electron chi connectivity index (χ0n) is 13.8. The second-order valence-electron chi connectivity index (χ2n) is 7.60. The van der Waals surface area contributed by atoms with Crippen LogP contribution in [0.4, 0.5) is 0 Å². The van der Waals surface area contributed by atoms with Gasteiger partial charge >= 0.3 is 0 Å². The molecule has 0 bridgehead atoms. The SMILES string of the molecule is C.CCCCC1CC1CCC(O)CCC1CC1CCCC. The summed E-state index contributed by atoms with van der Waals surface area (Å²) in [5.74, 6) is 3.97. The Labute approximate surface area is 133 Å². The van der Waals surface area contributed by atoms with Crippen molar-refractivity contribution in [2.75, 3.05) is 0 Å². The number of hydrogen-bond donors (Lipinski definition) is 1. The van der Waals surface area contributed by atoms with Crippen molar-refractivity contribution >= 4 is 0 Å². The molecule has 4 unspecified atom stereocenters. The van der Waals surface area contributed by atoms with Gasteiger partial charge in [0.2, 0.25) is 0 Å². The summed E-state index contributed by atoms with van der Waals surface area (Å²) < 4.78 is 0. The van der Waals surface area contributed by atoms with Gasteiger partial charge in [0.05, 0.1) is 6.10 Å². The molecule has 0 radical (unpaired) electrons. The monoisotopic (exact) mass is 296 g/mol. The number of hydrogen-bond acceptors (Lipinski definition) is 1. The zero-order chi connectivity index (χ0) is 14.4. The van der Waals surface area contributed by atoms with Crippen molar-refractivity contribution in [3.63, 3.8) is 0 Å². The van der Waals surface area contributed by atoms with E-state index in [0.29, 0.717) is 0 Å². The third kappa shape index (κ3) is 7.17. The van der Waals surface area contributed by atoms with Gasteiger partial charge in [-0.25, -0.2) is 0 Å². The van der Waals surface area contributed by atoms with Gasteiger partial charge in [0, 0.05) is 0 Å². The Bertz CT molecular complexity index is 237. The van der Waals surface area contributed by atoms with Gasteiger partial charge in [0.15, 0.2) is 0 Å². The Morgan fingerprint density at radius 2 is 1.14 bits per heavy atom. The van der Waals surface area contributed by atoms with E-state index in [-0.39, 0.29) is 13.5 Å². The summed E-state index contributed by atoms with van der Waals surface area (Å²) in [6.45, 7) is 4.57. The van der Waals surface area contributed by atoms with Crippen LogP contribution in [0.25, 0.3) is 0 Å². The molecule has 2 aliphatic carbocycles. The number of aliphatic hydroxyl groups excluding tert-OH is 1. The van der Waals surface area contributed by atoms with Gasteiger partial charge in [-0.1, -0.05) is 59.8 Å². The summed E-state index contributed by atoms with van der Waals surface area (Å²) >= 11 is 0. The van der Waals surface area contributed by atoms with Crippen molar-refractivity contribution in [3.8, 4) is 0 Å². The van der Waals surface area contributed by atoms with E-state index < -0.39 is 0 Å². The molecule has 0 aliphatic heterocycles. The smallest absolute Gasteiger partial charge is 0.0540 e. The molecule has 0 spiro atoms. The molecule has 2 saturated carbocycles. The first-order valence-corrected chi connectivity index (χ1v) is 9.42. The first kappa shape index (κ1) is 19.0. The highest BCUT2D eigenvalue weighted by molar-refractivity contribution is 4.88. The average Bonchev–Trinajstić information content (AvgIpc) is 3.34. The fourth-order valence-corrected chi connectivity index (χ4v) is 3.92. The van der Waals surface area contributed by atoms with Gasteiger partial charge < -0.3 is 5.11 Å². The van der Waals surface area contributed by atoms with Crippen molar-refractivity contribution in [1.29, 1.82) is 0 Å². The molecule has 4 atom stereocenters. The zero-order valence-corrected chi connectivity index (χ0v) is 13.8. The van der Waals surface area contributed by atoms with Crippen LogP contribution in [0.3, 0.4) is 0 Å². The van der Waals surface area contributed by atoms with Crippen LogP contribution in [0.15, 0.2) is 0 Å². The van der Waals surface area contributed by atoms with Gasteiger partial charge in [-0.3, -0.25) is 0 Å². The van der Waals surface area contributed by atoms with Crippen LogP contribution in [-0.4, -0.2) is 11.2 Å². The van der Waals surface area contributed by atoms with Gasteiger partial charge in [-0.15, -0.1) is 0 Å². The molecule has 0 aromatic rings. The summed E-state index contributed by atoms with van der Waals surface area (Å²) in [7, 11) is 0.